The van der Waals surface area contributed by atoms with Crippen molar-refractivity contribution in [3.8, 4) is 5.69 Å². The van der Waals surface area contributed by atoms with E-state index in [0.717, 1.165) is 10.2 Å². The number of nitrogens with zero attached hydrogens (tertiary/aromatic N) is 2. The van der Waals surface area contributed by atoms with Crippen molar-refractivity contribution in [2.75, 3.05) is 0 Å². The molecular formula is C10H7BrN2O. The summed E-state index contributed by atoms with van der Waals surface area (Å²) in [6.07, 6.45) is 1.59. The molecular weight excluding hydrogens is 244 g/mol. The molecule has 0 atom stereocenters. The van der Waals surface area contributed by atoms with Crippen LogP contribution in [0.25, 0.3) is 5.69 Å². The number of halogens is 1. The molecule has 1 aromatic heterocycles. The Balaban J connectivity index is 2.61. The van der Waals surface area contributed by atoms with Crippen LogP contribution in [0.2, 0.25) is 0 Å². The first kappa shape index (κ1) is 9.15. The molecule has 2 rings (SSSR count). The van der Waals surface area contributed by atoms with Crippen molar-refractivity contribution in [2.45, 2.75) is 0 Å². The van der Waals surface area contributed by atoms with Crippen LogP contribution in [0.5, 0.6) is 0 Å². The lowest BCUT2D eigenvalue weighted by atomic mass is 10.3. The average Bonchev–Trinajstić information content (AvgIpc) is 2.18. The number of hydrogen-bond acceptors (Lipinski definition) is 2. The first-order valence-corrected chi connectivity index (χ1v) is 4.87. The quantitative estimate of drug-likeness (QED) is 0.776. The van der Waals surface area contributed by atoms with Crippen molar-refractivity contribution in [2.24, 2.45) is 0 Å². The molecule has 1 aromatic carbocycles. The number of hydrogen-bond donors (Lipinski definition) is 0. The fraction of sp³-hybridized carbons (Fsp3) is 0. The zero-order chi connectivity index (χ0) is 9.97. The number of benzene rings is 1. The maximum Gasteiger partial charge on any atom is 0.271 e. The predicted octanol–water partition coefficient (Wildman–Crippen LogP) is 1.99. The van der Waals surface area contributed by atoms with E-state index in [1.54, 1.807) is 12.3 Å². The van der Waals surface area contributed by atoms with E-state index >= 15 is 0 Å². The first-order valence-electron chi connectivity index (χ1n) is 4.08. The van der Waals surface area contributed by atoms with Gasteiger partial charge in [0.15, 0.2) is 0 Å². The van der Waals surface area contributed by atoms with Crippen LogP contribution in [0.3, 0.4) is 0 Å². The molecule has 2 aromatic rings. The highest BCUT2D eigenvalue weighted by molar-refractivity contribution is 9.10. The van der Waals surface area contributed by atoms with E-state index in [1.807, 2.05) is 24.3 Å². The highest BCUT2D eigenvalue weighted by Crippen LogP contribution is 2.12. The van der Waals surface area contributed by atoms with Crippen molar-refractivity contribution in [3.63, 3.8) is 0 Å². The summed E-state index contributed by atoms with van der Waals surface area (Å²) in [5.74, 6) is 0. The van der Waals surface area contributed by atoms with Gasteiger partial charge in [0.2, 0.25) is 0 Å². The number of aromatic nitrogens is 2. The molecule has 3 nitrogen and oxygen atoms in total. The lowest BCUT2D eigenvalue weighted by molar-refractivity contribution is 0.806. The fourth-order valence-electron chi connectivity index (χ4n) is 1.16. The molecule has 0 aliphatic heterocycles. The molecule has 14 heavy (non-hydrogen) atoms. The third-order valence-corrected chi connectivity index (χ3v) is 2.26. The van der Waals surface area contributed by atoms with Gasteiger partial charge in [-0.2, -0.15) is 9.78 Å². The molecule has 1 heterocycles. The van der Waals surface area contributed by atoms with Crippen molar-refractivity contribution >= 4 is 15.9 Å². The molecule has 0 N–H and O–H groups in total. The van der Waals surface area contributed by atoms with E-state index in [4.69, 9.17) is 0 Å². The van der Waals surface area contributed by atoms with E-state index in [0.29, 0.717) is 0 Å². The van der Waals surface area contributed by atoms with Gasteiger partial charge in [0.05, 0.1) is 5.69 Å². The summed E-state index contributed by atoms with van der Waals surface area (Å²) in [5, 5.41) is 3.97. The lowest BCUT2D eigenvalue weighted by Crippen LogP contribution is -2.18. The summed E-state index contributed by atoms with van der Waals surface area (Å²) < 4.78 is 2.28. The minimum absolute atomic E-state index is 0.134. The molecule has 0 unspecified atom stereocenters. The molecule has 0 saturated heterocycles. The van der Waals surface area contributed by atoms with Crippen LogP contribution in [0.1, 0.15) is 0 Å². The summed E-state index contributed by atoms with van der Waals surface area (Å²) >= 11 is 3.34. The number of rotatable bonds is 1. The summed E-state index contributed by atoms with van der Waals surface area (Å²) in [5.41, 5.74) is 0.621. The minimum atomic E-state index is -0.134. The third kappa shape index (κ3) is 1.75. The Kier molecular flexibility index (Phi) is 2.45. The van der Waals surface area contributed by atoms with Crippen LogP contribution in [0.4, 0.5) is 0 Å². The molecule has 70 valence electrons. The van der Waals surface area contributed by atoms with Crippen molar-refractivity contribution < 1.29 is 0 Å². The molecule has 0 radical (unpaired) electrons. The molecule has 0 bridgehead atoms. The molecule has 0 spiro atoms. The van der Waals surface area contributed by atoms with E-state index in [1.165, 1.54) is 10.7 Å². The van der Waals surface area contributed by atoms with Gasteiger partial charge in [-0.1, -0.05) is 22.0 Å². The van der Waals surface area contributed by atoms with Crippen LogP contribution in [-0.4, -0.2) is 9.78 Å². The van der Waals surface area contributed by atoms with E-state index in [2.05, 4.69) is 21.0 Å². The molecule has 0 amide bonds. The second-order valence-electron chi connectivity index (χ2n) is 2.75. The topological polar surface area (TPSA) is 34.9 Å². The Morgan fingerprint density at radius 3 is 2.79 bits per heavy atom. The summed E-state index contributed by atoms with van der Waals surface area (Å²) in [7, 11) is 0. The largest absolute Gasteiger partial charge is 0.271 e. The van der Waals surface area contributed by atoms with E-state index < -0.39 is 0 Å². The van der Waals surface area contributed by atoms with Gasteiger partial charge in [-0.15, -0.1) is 0 Å². The van der Waals surface area contributed by atoms with E-state index in [-0.39, 0.29) is 5.56 Å². The maximum atomic E-state index is 11.4. The standard InChI is InChI=1S/C10H7BrN2O/c11-8-3-1-4-9(7-8)13-10(14)5-2-6-12-13/h1-7H. The second-order valence-corrected chi connectivity index (χ2v) is 3.67. The Bertz CT molecular complexity index is 507. The van der Waals surface area contributed by atoms with Gasteiger partial charge < -0.3 is 0 Å². The van der Waals surface area contributed by atoms with Gasteiger partial charge >= 0.3 is 0 Å². The Hall–Kier alpha value is -1.42. The smallest absolute Gasteiger partial charge is 0.267 e. The molecule has 0 aliphatic rings. The minimum Gasteiger partial charge on any atom is -0.267 e. The van der Waals surface area contributed by atoms with Gasteiger partial charge in [-0.05, 0) is 24.3 Å². The van der Waals surface area contributed by atoms with Crippen LogP contribution >= 0.6 is 15.9 Å². The fourth-order valence-corrected chi connectivity index (χ4v) is 1.55. The maximum absolute atomic E-state index is 11.4. The molecule has 0 saturated carbocycles. The molecule has 0 aliphatic carbocycles. The Morgan fingerprint density at radius 1 is 1.21 bits per heavy atom. The van der Waals surface area contributed by atoms with Crippen LogP contribution in [0.15, 0.2) is 51.9 Å². The third-order valence-electron chi connectivity index (χ3n) is 1.77. The van der Waals surface area contributed by atoms with Gasteiger partial charge in [0.1, 0.15) is 0 Å². The van der Waals surface area contributed by atoms with Crippen molar-refractivity contribution in [3.05, 3.63) is 57.4 Å². The zero-order valence-electron chi connectivity index (χ0n) is 7.22. The Labute approximate surface area is 89.1 Å². The normalized spacial score (nSPS) is 10.1. The van der Waals surface area contributed by atoms with Crippen molar-refractivity contribution in [1.82, 2.24) is 9.78 Å². The van der Waals surface area contributed by atoms with Crippen molar-refractivity contribution in [1.29, 1.82) is 0 Å². The van der Waals surface area contributed by atoms with Gasteiger partial charge in [0, 0.05) is 16.7 Å². The highest BCUT2D eigenvalue weighted by Gasteiger charge is 1.98. The van der Waals surface area contributed by atoms with E-state index in [9.17, 15) is 4.79 Å². The van der Waals surface area contributed by atoms with Crippen LogP contribution in [-0.2, 0) is 0 Å². The average molecular weight is 251 g/mol. The first-order chi connectivity index (χ1) is 6.77. The van der Waals surface area contributed by atoms with Gasteiger partial charge in [0.25, 0.3) is 5.56 Å². The molecule has 0 fully saturated rings. The lowest BCUT2D eigenvalue weighted by Gasteiger charge is -2.02. The zero-order valence-corrected chi connectivity index (χ0v) is 8.81. The second kappa shape index (κ2) is 3.75. The molecule has 4 heteroatoms. The van der Waals surface area contributed by atoms with Gasteiger partial charge in [-0.3, -0.25) is 4.79 Å². The predicted molar refractivity (Wildman–Crippen MR) is 57.5 cm³/mol. The summed E-state index contributed by atoms with van der Waals surface area (Å²) in [4.78, 5) is 11.4. The Morgan fingerprint density at radius 2 is 2.07 bits per heavy atom. The SMILES string of the molecule is O=c1cccnn1-c1cccc(Br)c1. The summed E-state index contributed by atoms with van der Waals surface area (Å²) in [6, 6.07) is 10.5. The highest BCUT2D eigenvalue weighted by atomic mass is 79.9. The van der Waals surface area contributed by atoms with Crippen LogP contribution in [0, 0.1) is 0 Å². The monoisotopic (exact) mass is 250 g/mol. The summed E-state index contributed by atoms with van der Waals surface area (Å²) in [6.45, 7) is 0. The van der Waals surface area contributed by atoms with Crippen LogP contribution < -0.4 is 5.56 Å². The van der Waals surface area contributed by atoms with Gasteiger partial charge in [-0.25, -0.2) is 0 Å².